The van der Waals surface area contributed by atoms with Crippen molar-refractivity contribution in [3.8, 4) is 0 Å². The number of carbonyl (C=O) groups excluding carboxylic acids is 2. The lowest BCUT2D eigenvalue weighted by atomic mass is 9.58. The van der Waals surface area contributed by atoms with Gasteiger partial charge in [-0.15, -0.1) is 5.10 Å². The minimum Gasteiger partial charge on any atom is -0.446 e. The number of primary amides is 1. The van der Waals surface area contributed by atoms with Crippen molar-refractivity contribution in [1.82, 2.24) is 29.7 Å². The van der Waals surface area contributed by atoms with Crippen molar-refractivity contribution in [1.29, 1.82) is 0 Å². The van der Waals surface area contributed by atoms with Crippen LogP contribution in [0.1, 0.15) is 37.7 Å². The normalized spacial score (nSPS) is 22.8. The van der Waals surface area contributed by atoms with Gasteiger partial charge in [0.05, 0.1) is 17.6 Å². The highest BCUT2D eigenvalue weighted by atomic mass is 32.2. The Bertz CT molecular complexity index is 1920. The van der Waals surface area contributed by atoms with Gasteiger partial charge in [0.1, 0.15) is 17.2 Å². The van der Waals surface area contributed by atoms with E-state index in [1.54, 1.807) is 41.4 Å². The van der Waals surface area contributed by atoms with Gasteiger partial charge in [0, 0.05) is 74.5 Å². The maximum Gasteiger partial charge on any atom is 0.404 e. The number of rotatable bonds is 14. The summed E-state index contributed by atoms with van der Waals surface area (Å²) in [5, 5.41) is 7.82. The van der Waals surface area contributed by atoms with Crippen molar-refractivity contribution < 1.29 is 27.1 Å². The number of ether oxygens (including phenoxy) is 1. The number of sulfone groups is 1. The number of halogens is 1. The second-order valence-corrected chi connectivity index (χ2v) is 18.3. The van der Waals surface area contributed by atoms with Gasteiger partial charge in [-0.2, -0.15) is 0 Å². The van der Waals surface area contributed by atoms with Gasteiger partial charge in [-0.1, -0.05) is 23.4 Å². The van der Waals surface area contributed by atoms with E-state index in [2.05, 4.69) is 20.1 Å². The molecule has 4 heterocycles. The summed E-state index contributed by atoms with van der Waals surface area (Å²) in [5.41, 5.74) is 6.91. The molecule has 3 aliphatic heterocycles. The number of aromatic nitrogens is 3. The Morgan fingerprint density at radius 1 is 1.04 bits per heavy atom. The van der Waals surface area contributed by atoms with Crippen LogP contribution in [-0.2, 0) is 31.3 Å². The van der Waals surface area contributed by atoms with E-state index >= 15 is 0 Å². The first-order chi connectivity index (χ1) is 26.4. The molecule has 3 aromatic rings. The molecule has 7 rings (SSSR count). The van der Waals surface area contributed by atoms with E-state index in [-0.39, 0.29) is 42.8 Å². The van der Waals surface area contributed by atoms with Crippen LogP contribution in [0, 0.1) is 23.6 Å². The van der Waals surface area contributed by atoms with Crippen LogP contribution in [0.3, 0.4) is 0 Å². The summed E-state index contributed by atoms with van der Waals surface area (Å²) in [4.78, 5) is 33.0. The number of amides is 2. The van der Waals surface area contributed by atoms with E-state index in [0.717, 1.165) is 69.7 Å². The van der Waals surface area contributed by atoms with Crippen LogP contribution in [0.15, 0.2) is 78.0 Å². The number of nitrogens with two attached hydrogens (primary N) is 1. The largest absolute Gasteiger partial charge is 0.446 e. The molecule has 0 spiro atoms. The second kappa shape index (κ2) is 16.4. The third-order valence-electron chi connectivity index (χ3n) is 12.3. The molecule has 15 heteroatoms. The first-order valence-electron chi connectivity index (χ1n) is 19.4. The van der Waals surface area contributed by atoms with Crippen LogP contribution in [0.2, 0.25) is 0 Å². The van der Waals surface area contributed by atoms with Gasteiger partial charge in [0.2, 0.25) is 5.91 Å². The molecule has 296 valence electrons. The van der Waals surface area contributed by atoms with Crippen molar-refractivity contribution in [3.63, 3.8) is 0 Å². The van der Waals surface area contributed by atoms with Crippen LogP contribution in [0.4, 0.5) is 14.9 Å². The number of likely N-dealkylation sites (tertiary alicyclic amines) is 2. The second-order valence-electron chi connectivity index (χ2n) is 16.1. The fourth-order valence-corrected chi connectivity index (χ4v) is 11.1. The van der Waals surface area contributed by atoms with E-state index in [9.17, 15) is 22.4 Å². The fourth-order valence-electron chi connectivity index (χ4n) is 9.47. The minimum atomic E-state index is -3.53. The summed E-state index contributed by atoms with van der Waals surface area (Å²) in [6.45, 7) is 6.09. The molecule has 2 amide bonds. The molecule has 0 unspecified atom stereocenters. The zero-order chi connectivity index (χ0) is 38.7. The Morgan fingerprint density at radius 2 is 1.78 bits per heavy atom. The van der Waals surface area contributed by atoms with Crippen LogP contribution >= 0.6 is 0 Å². The number of likely N-dealkylation sites (N-methyl/N-ethyl adjacent to an activating group) is 1. The first kappa shape index (κ1) is 38.9. The van der Waals surface area contributed by atoms with Crippen molar-refractivity contribution in [2.45, 2.75) is 60.3 Å². The molecule has 4 fully saturated rings. The number of carbonyl (C=O) groups is 2. The first-order valence-corrected chi connectivity index (χ1v) is 20.9. The third kappa shape index (κ3) is 8.43. The smallest absolute Gasteiger partial charge is 0.404 e. The van der Waals surface area contributed by atoms with Crippen molar-refractivity contribution in [3.05, 3.63) is 84.5 Å². The Morgan fingerprint density at radius 3 is 2.44 bits per heavy atom. The number of anilines is 1. The third-order valence-corrected chi connectivity index (χ3v) is 14.4. The predicted molar refractivity (Wildman–Crippen MR) is 206 cm³/mol. The van der Waals surface area contributed by atoms with Gasteiger partial charge in [-0.25, -0.2) is 17.6 Å². The topological polar surface area (TPSA) is 147 Å². The lowest BCUT2D eigenvalue weighted by Crippen LogP contribution is -2.56. The molecule has 0 bridgehead atoms. The quantitative estimate of drug-likeness (QED) is 0.241. The molecular formula is C40H53FN8O5S. The average molecular weight is 777 g/mol. The molecule has 3 atom stereocenters. The van der Waals surface area contributed by atoms with Gasteiger partial charge in [-0.3, -0.25) is 9.48 Å². The van der Waals surface area contributed by atoms with Gasteiger partial charge in [-0.05, 0) is 107 Å². The highest BCUT2D eigenvalue weighted by Gasteiger charge is 2.53. The maximum atomic E-state index is 15.0. The van der Waals surface area contributed by atoms with Gasteiger partial charge < -0.3 is 30.1 Å². The van der Waals surface area contributed by atoms with Crippen LogP contribution in [-0.4, -0.2) is 128 Å². The maximum absolute atomic E-state index is 15.0. The minimum absolute atomic E-state index is 0.0581. The molecule has 3 saturated heterocycles. The molecule has 13 nitrogen and oxygen atoms in total. The molecule has 55 heavy (non-hydrogen) atoms. The summed E-state index contributed by atoms with van der Waals surface area (Å²) in [5.74, 6) is 0.151. The Kier molecular flexibility index (Phi) is 11.6. The van der Waals surface area contributed by atoms with Gasteiger partial charge >= 0.3 is 6.09 Å². The average Bonchev–Trinajstić information content (AvgIpc) is 3.80. The van der Waals surface area contributed by atoms with Crippen molar-refractivity contribution in [2.24, 2.45) is 23.5 Å². The summed E-state index contributed by atoms with van der Waals surface area (Å²) >= 11 is 0. The zero-order valence-corrected chi connectivity index (χ0v) is 32.6. The fraction of sp³-hybridized carbons (Fsp3) is 0.550. The standard InChI is InChI=1S/C40H53FN8O5S/c1-45(2)18-5-10-38(50)48-26-35(27-48)55(52,53)34-13-11-33(12-14-34)47-24-29(25-47)23-46-19-15-30(16-20-46)40(28-49-21-17-43-44-49,31-6-3-7-32(41)22-31)36-8-4-9-37(36)54-39(42)51/h3,5-7,10-14,17,21-22,29-30,35-37H,4,8-9,15-16,18-20,23-28H2,1-2H3,(H2,42,51)/b10-5+/t36-,37-,40-/m0/s1. The molecular weight excluding hydrogens is 724 g/mol. The molecule has 1 aromatic heterocycles. The summed E-state index contributed by atoms with van der Waals surface area (Å²) < 4.78 is 49.1. The number of piperidine rings is 1. The lowest BCUT2D eigenvalue weighted by molar-refractivity contribution is -0.129. The number of hydrogen-bond acceptors (Lipinski definition) is 10. The van der Waals surface area contributed by atoms with Crippen LogP contribution < -0.4 is 10.6 Å². The SMILES string of the molecule is CN(C)C/C=C/C(=O)N1CC(S(=O)(=O)c2ccc(N3CC(CN4CCC([C@@](Cn5ccnn5)(c5cccc(F)c5)[C@H]5CCC[C@@H]5OC(N)=O)CC4)C3)cc2)C1. The molecule has 1 saturated carbocycles. The van der Waals surface area contributed by atoms with E-state index in [1.807, 2.05) is 48.1 Å². The lowest BCUT2D eigenvalue weighted by Gasteiger charge is -2.51. The summed E-state index contributed by atoms with van der Waals surface area (Å²) in [6, 6.07) is 14.0. The monoisotopic (exact) mass is 776 g/mol. The Balaban J connectivity index is 0.955. The zero-order valence-electron chi connectivity index (χ0n) is 31.7. The molecule has 4 aliphatic rings. The number of nitrogens with zero attached hydrogens (tertiary/aromatic N) is 7. The summed E-state index contributed by atoms with van der Waals surface area (Å²) in [7, 11) is 0.305. The van der Waals surface area contributed by atoms with E-state index < -0.39 is 26.6 Å². The Hall–Kier alpha value is -4.34. The van der Waals surface area contributed by atoms with Crippen molar-refractivity contribution in [2.75, 3.05) is 71.4 Å². The van der Waals surface area contributed by atoms with Crippen LogP contribution in [0.5, 0.6) is 0 Å². The molecule has 1 aliphatic carbocycles. The number of benzene rings is 2. The summed E-state index contributed by atoms with van der Waals surface area (Å²) in [6.07, 6.45) is 9.90. The molecule has 2 N–H and O–H groups in total. The van der Waals surface area contributed by atoms with E-state index in [0.29, 0.717) is 30.3 Å². The van der Waals surface area contributed by atoms with E-state index in [4.69, 9.17) is 10.5 Å². The van der Waals surface area contributed by atoms with E-state index in [1.165, 1.54) is 12.1 Å². The highest BCUT2D eigenvalue weighted by Crippen LogP contribution is 2.52. The Labute approximate surface area is 323 Å². The highest BCUT2D eigenvalue weighted by molar-refractivity contribution is 7.92. The molecule has 0 radical (unpaired) electrons. The van der Waals surface area contributed by atoms with Gasteiger partial charge in [0.15, 0.2) is 9.84 Å². The van der Waals surface area contributed by atoms with Gasteiger partial charge in [0.25, 0.3) is 0 Å². The van der Waals surface area contributed by atoms with Crippen molar-refractivity contribution >= 4 is 27.5 Å². The predicted octanol–water partition coefficient (Wildman–Crippen LogP) is 3.57. The molecule has 2 aromatic carbocycles. The van der Waals surface area contributed by atoms with Crippen LogP contribution in [0.25, 0.3) is 0 Å². The number of hydrogen-bond donors (Lipinski definition) is 1.